The standard InChI is InChI=1S/C21H24/c1-2-3-4-5-6-7-10-17-13-14-21-19(15-17)16-18-11-8-9-12-20(18)21/h2,8-9,11-15H,1,3-7,10,16H2. The maximum Gasteiger partial charge on any atom is -0.00134 e. The summed E-state index contributed by atoms with van der Waals surface area (Å²) in [5, 5.41) is 0. The molecule has 0 atom stereocenters. The molecule has 0 saturated heterocycles. The number of allylic oxidation sites excluding steroid dienone is 1. The first-order valence-electron chi connectivity index (χ1n) is 8.19. The van der Waals surface area contributed by atoms with Gasteiger partial charge < -0.3 is 0 Å². The zero-order valence-corrected chi connectivity index (χ0v) is 12.8. The Morgan fingerprint density at radius 2 is 1.67 bits per heavy atom. The van der Waals surface area contributed by atoms with Gasteiger partial charge in [-0.3, -0.25) is 0 Å². The van der Waals surface area contributed by atoms with Crippen LogP contribution in [0.4, 0.5) is 0 Å². The Labute approximate surface area is 128 Å². The monoisotopic (exact) mass is 276 g/mol. The smallest absolute Gasteiger partial charge is 0.00134 e. The van der Waals surface area contributed by atoms with Gasteiger partial charge in [0.1, 0.15) is 0 Å². The van der Waals surface area contributed by atoms with Gasteiger partial charge in [-0.25, -0.2) is 0 Å². The second-order valence-electron chi connectivity index (χ2n) is 6.07. The number of aryl methyl sites for hydroxylation is 1. The van der Waals surface area contributed by atoms with Gasteiger partial charge in [0.05, 0.1) is 0 Å². The van der Waals surface area contributed by atoms with Crippen molar-refractivity contribution in [3.05, 3.63) is 71.8 Å². The molecule has 0 aromatic heterocycles. The minimum absolute atomic E-state index is 1.11. The zero-order valence-electron chi connectivity index (χ0n) is 12.8. The molecular formula is C21H24. The molecule has 21 heavy (non-hydrogen) atoms. The summed E-state index contributed by atoms with van der Waals surface area (Å²) in [4.78, 5) is 0. The third kappa shape index (κ3) is 3.26. The summed E-state index contributed by atoms with van der Waals surface area (Å²) in [5.74, 6) is 0. The molecule has 0 bridgehead atoms. The topological polar surface area (TPSA) is 0 Å². The first-order valence-corrected chi connectivity index (χ1v) is 8.19. The lowest BCUT2D eigenvalue weighted by Gasteiger charge is -2.05. The fourth-order valence-electron chi connectivity index (χ4n) is 3.33. The van der Waals surface area contributed by atoms with Crippen LogP contribution in [0.3, 0.4) is 0 Å². The molecule has 0 spiro atoms. The van der Waals surface area contributed by atoms with Crippen LogP contribution >= 0.6 is 0 Å². The van der Waals surface area contributed by atoms with Crippen LogP contribution in [0.15, 0.2) is 55.1 Å². The molecule has 0 N–H and O–H groups in total. The highest BCUT2D eigenvalue weighted by Gasteiger charge is 2.17. The van der Waals surface area contributed by atoms with Crippen LogP contribution in [0.25, 0.3) is 11.1 Å². The maximum absolute atomic E-state index is 3.78. The molecular weight excluding hydrogens is 252 g/mol. The van der Waals surface area contributed by atoms with Crippen molar-refractivity contribution in [2.24, 2.45) is 0 Å². The van der Waals surface area contributed by atoms with Crippen molar-refractivity contribution >= 4 is 0 Å². The lowest BCUT2D eigenvalue weighted by atomic mass is 10.00. The quantitative estimate of drug-likeness (QED) is 0.370. The van der Waals surface area contributed by atoms with E-state index in [-0.39, 0.29) is 0 Å². The van der Waals surface area contributed by atoms with Crippen molar-refractivity contribution in [1.82, 2.24) is 0 Å². The van der Waals surface area contributed by atoms with Crippen LogP contribution in [0, 0.1) is 0 Å². The summed E-state index contributed by atoms with van der Waals surface area (Å²) < 4.78 is 0. The number of rotatable bonds is 7. The fraction of sp³-hybridized carbons (Fsp3) is 0.333. The van der Waals surface area contributed by atoms with Crippen LogP contribution < -0.4 is 0 Å². The largest absolute Gasteiger partial charge is 0.103 e. The van der Waals surface area contributed by atoms with E-state index >= 15 is 0 Å². The molecule has 0 heterocycles. The Morgan fingerprint density at radius 3 is 2.57 bits per heavy atom. The van der Waals surface area contributed by atoms with Crippen LogP contribution in [-0.4, -0.2) is 0 Å². The van der Waals surface area contributed by atoms with Gasteiger partial charge >= 0.3 is 0 Å². The van der Waals surface area contributed by atoms with Gasteiger partial charge in [-0.05, 0) is 59.9 Å². The molecule has 1 aliphatic rings. The molecule has 108 valence electrons. The number of fused-ring (bicyclic) bond motifs is 3. The summed E-state index contributed by atoms with van der Waals surface area (Å²) >= 11 is 0. The first-order chi connectivity index (χ1) is 10.4. The van der Waals surface area contributed by atoms with Crippen molar-refractivity contribution in [3.8, 4) is 11.1 Å². The molecule has 2 aromatic rings. The zero-order chi connectivity index (χ0) is 14.5. The maximum atomic E-state index is 3.78. The van der Waals surface area contributed by atoms with Crippen LogP contribution in [-0.2, 0) is 12.8 Å². The van der Waals surface area contributed by atoms with Gasteiger partial charge in [0.15, 0.2) is 0 Å². The molecule has 2 aromatic carbocycles. The summed E-state index contributed by atoms with van der Waals surface area (Å²) in [5.41, 5.74) is 7.38. The predicted octanol–water partition coefficient (Wildman–Crippen LogP) is 5.94. The van der Waals surface area contributed by atoms with E-state index in [9.17, 15) is 0 Å². The Hall–Kier alpha value is -1.82. The average Bonchev–Trinajstić information content (AvgIpc) is 2.88. The third-order valence-corrected chi connectivity index (χ3v) is 4.48. The van der Waals surface area contributed by atoms with Gasteiger partial charge in [0, 0.05) is 0 Å². The van der Waals surface area contributed by atoms with E-state index in [4.69, 9.17) is 0 Å². The Bertz CT molecular complexity index is 622. The summed E-state index contributed by atoms with van der Waals surface area (Å²) in [6.07, 6.45) is 10.8. The van der Waals surface area contributed by atoms with Gasteiger partial charge in [-0.2, -0.15) is 0 Å². The Kier molecular flexibility index (Phi) is 4.55. The predicted molar refractivity (Wildman–Crippen MR) is 91.7 cm³/mol. The van der Waals surface area contributed by atoms with E-state index in [1.807, 2.05) is 6.08 Å². The number of hydrogen-bond donors (Lipinski definition) is 0. The van der Waals surface area contributed by atoms with E-state index in [2.05, 4.69) is 49.0 Å². The lowest BCUT2D eigenvalue weighted by molar-refractivity contribution is 0.646. The molecule has 3 rings (SSSR count). The minimum Gasteiger partial charge on any atom is -0.103 e. The van der Waals surface area contributed by atoms with Crippen molar-refractivity contribution in [2.45, 2.75) is 44.9 Å². The second-order valence-corrected chi connectivity index (χ2v) is 6.07. The molecule has 0 unspecified atom stereocenters. The van der Waals surface area contributed by atoms with E-state index in [0.717, 1.165) is 12.8 Å². The highest BCUT2D eigenvalue weighted by molar-refractivity contribution is 5.76. The first kappa shape index (κ1) is 14.1. The van der Waals surface area contributed by atoms with Crippen LogP contribution in [0.5, 0.6) is 0 Å². The van der Waals surface area contributed by atoms with Crippen molar-refractivity contribution in [2.75, 3.05) is 0 Å². The summed E-state index contributed by atoms with van der Waals surface area (Å²) in [7, 11) is 0. The van der Waals surface area contributed by atoms with Crippen LogP contribution in [0.1, 0.15) is 48.8 Å². The molecule has 0 radical (unpaired) electrons. The Morgan fingerprint density at radius 1 is 0.857 bits per heavy atom. The molecule has 0 nitrogen and oxygen atoms in total. The molecule has 0 fully saturated rings. The van der Waals surface area contributed by atoms with Gasteiger partial charge in [-0.15, -0.1) is 6.58 Å². The number of hydrogen-bond acceptors (Lipinski definition) is 0. The van der Waals surface area contributed by atoms with Crippen molar-refractivity contribution < 1.29 is 0 Å². The lowest BCUT2D eigenvalue weighted by Crippen LogP contribution is -1.89. The molecule has 0 heteroatoms. The van der Waals surface area contributed by atoms with Gasteiger partial charge in [-0.1, -0.05) is 61.4 Å². The van der Waals surface area contributed by atoms with E-state index in [1.165, 1.54) is 59.9 Å². The fourth-order valence-corrected chi connectivity index (χ4v) is 3.33. The van der Waals surface area contributed by atoms with E-state index in [0.29, 0.717) is 0 Å². The summed E-state index contributed by atoms with van der Waals surface area (Å²) in [6, 6.07) is 15.9. The minimum atomic E-state index is 1.11. The third-order valence-electron chi connectivity index (χ3n) is 4.48. The number of benzene rings is 2. The van der Waals surface area contributed by atoms with Crippen molar-refractivity contribution in [1.29, 1.82) is 0 Å². The summed E-state index contributed by atoms with van der Waals surface area (Å²) in [6.45, 7) is 3.78. The van der Waals surface area contributed by atoms with Gasteiger partial charge in [0.25, 0.3) is 0 Å². The number of unbranched alkanes of at least 4 members (excludes halogenated alkanes) is 4. The highest BCUT2D eigenvalue weighted by Crippen LogP contribution is 2.36. The van der Waals surface area contributed by atoms with Crippen molar-refractivity contribution in [3.63, 3.8) is 0 Å². The Balaban J connectivity index is 1.58. The normalized spacial score (nSPS) is 12.0. The van der Waals surface area contributed by atoms with Gasteiger partial charge in [0.2, 0.25) is 0 Å². The average molecular weight is 276 g/mol. The molecule has 1 aliphatic carbocycles. The SMILES string of the molecule is C=CCCCCCCc1ccc2c(c1)Cc1ccccc1-2. The molecule has 0 amide bonds. The van der Waals surface area contributed by atoms with Crippen LogP contribution in [0.2, 0.25) is 0 Å². The van der Waals surface area contributed by atoms with E-state index in [1.54, 1.807) is 0 Å². The highest BCUT2D eigenvalue weighted by atomic mass is 14.2. The second kappa shape index (κ2) is 6.76. The molecule has 0 saturated carbocycles. The van der Waals surface area contributed by atoms with E-state index < -0.39 is 0 Å². The molecule has 0 aliphatic heterocycles.